The molecule has 0 aliphatic carbocycles. The molecular weight excluding hydrogens is 480 g/mol. The average Bonchev–Trinajstić information content (AvgIpc) is 3.46. The molecule has 36 heavy (non-hydrogen) atoms. The molecule has 0 atom stereocenters. The predicted molar refractivity (Wildman–Crippen MR) is 135 cm³/mol. The third-order valence-electron chi connectivity index (χ3n) is 5.54. The second kappa shape index (κ2) is 9.94. The van der Waals surface area contributed by atoms with E-state index in [2.05, 4.69) is 20.7 Å². The number of aryl methyl sites for hydroxylation is 1. The highest BCUT2D eigenvalue weighted by Crippen LogP contribution is 2.18. The van der Waals surface area contributed by atoms with Gasteiger partial charge in [-0.2, -0.15) is 5.10 Å². The van der Waals surface area contributed by atoms with Gasteiger partial charge in [0.15, 0.2) is 15.5 Å². The van der Waals surface area contributed by atoms with Gasteiger partial charge in [0, 0.05) is 24.7 Å². The number of sulfone groups is 1. The fourth-order valence-electron chi connectivity index (χ4n) is 3.82. The first-order chi connectivity index (χ1) is 17.1. The van der Waals surface area contributed by atoms with Crippen molar-refractivity contribution in [3.05, 3.63) is 77.5 Å². The Morgan fingerprint density at radius 1 is 1.03 bits per heavy atom. The van der Waals surface area contributed by atoms with Gasteiger partial charge in [-0.25, -0.2) is 18.1 Å². The number of carbonyl (C=O) groups excluding carboxylic acids is 2. The predicted octanol–water partition coefficient (Wildman–Crippen LogP) is 2.55. The van der Waals surface area contributed by atoms with Gasteiger partial charge in [0.25, 0.3) is 11.8 Å². The van der Waals surface area contributed by atoms with E-state index in [1.54, 1.807) is 51.8 Å². The molecule has 4 rings (SSSR count). The second-order valence-electron chi connectivity index (χ2n) is 8.70. The van der Waals surface area contributed by atoms with Gasteiger partial charge in [0.2, 0.25) is 0 Å². The van der Waals surface area contributed by atoms with E-state index in [-0.39, 0.29) is 29.3 Å². The van der Waals surface area contributed by atoms with Gasteiger partial charge >= 0.3 is 0 Å². The number of carbonyl (C=O) groups is 2. The Morgan fingerprint density at radius 3 is 2.39 bits per heavy atom. The van der Waals surface area contributed by atoms with Crippen molar-refractivity contribution in [2.45, 2.75) is 44.7 Å². The average molecular weight is 509 g/mol. The number of nitrogens with one attached hydrogen (secondary N) is 2. The minimum atomic E-state index is -3.28. The maximum absolute atomic E-state index is 13.0. The molecule has 0 bridgehead atoms. The third kappa shape index (κ3) is 5.15. The van der Waals surface area contributed by atoms with Crippen molar-refractivity contribution in [1.82, 2.24) is 29.8 Å². The van der Waals surface area contributed by atoms with E-state index in [1.165, 1.54) is 12.1 Å². The Bertz CT molecular complexity index is 1530. The van der Waals surface area contributed by atoms with Crippen LogP contribution < -0.4 is 10.6 Å². The number of nitrogens with zero attached hydrogens (tertiary/aromatic N) is 4. The molecule has 3 aromatic heterocycles. The molecule has 0 saturated heterocycles. The van der Waals surface area contributed by atoms with Gasteiger partial charge in [0.05, 0.1) is 34.1 Å². The summed E-state index contributed by atoms with van der Waals surface area (Å²) in [7, 11) is -3.28. The molecule has 0 spiro atoms. The SMILES string of the molecule is CCc1nc2c(C(=O)NCc3ccn(-c4ccc(S(C)(=O)=O)cc4)n3)cccn2c1C(=O)NC(C)C. The Balaban J connectivity index is 1.52. The number of hydrogen-bond donors (Lipinski definition) is 2. The molecule has 1 aromatic carbocycles. The first-order valence-corrected chi connectivity index (χ1v) is 13.4. The van der Waals surface area contributed by atoms with Crippen molar-refractivity contribution in [3.8, 4) is 5.69 Å². The zero-order valence-corrected chi connectivity index (χ0v) is 21.3. The zero-order chi connectivity index (χ0) is 26.0. The summed E-state index contributed by atoms with van der Waals surface area (Å²) in [4.78, 5) is 30.6. The Morgan fingerprint density at radius 2 is 1.75 bits per heavy atom. The number of hydrogen-bond acceptors (Lipinski definition) is 6. The van der Waals surface area contributed by atoms with E-state index in [9.17, 15) is 18.0 Å². The first kappa shape index (κ1) is 25.1. The van der Waals surface area contributed by atoms with E-state index in [0.717, 1.165) is 6.26 Å². The van der Waals surface area contributed by atoms with Gasteiger partial charge in [-0.3, -0.25) is 14.0 Å². The van der Waals surface area contributed by atoms with E-state index in [1.807, 2.05) is 20.8 Å². The molecule has 3 heterocycles. The molecule has 0 aliphatic heterocycles. The Hall–Kier alpha value is -3.99. The van der Waals surface area contributed by atoms with E-state index >= 15 is 0 Å². The first-order valence-electron chi connectivity index (χ1n) is 11.5. The third-order valence-corrected chi connectivity index (χ3v) is 6.67. The lowest BCUT2D eigenvalue weighted by Gasteiger charge is -2.10. The monoisotopic (exact) mass is 508 g/mol. The van der Waals surface area contributed by atoms with Gasteiger partial charge in [0.1, 0.15) is 5.69 Å². The molecule has 188 valence electrons. The Labute approximate surface area is 209 Å². The minimum absolute atomic E-state index is 0.0309. The van der Waals surface area contributed by atoms with Gasteiger partial charge < -0.3 is 10.6 Å². The number of amides is 2. The highest BCUT2D eigenvalue weighted by atomic mass is 32.2. The van der Waals surface area contributed by atoms with E-state index in [4.69, 9.17) is 0 Å². The fraction of sp³-hybridized carbons (Fsp3) is 0.280. The number of aromatic nitrogens is 4. The van der Waals surface area contributed by atoms with Crippen LogP contribution in [0.25, 0.3) is 11.3 Å². The maximum atomic E-state index is 13.0. The smallest absolute Gasteiger partial charge is 0.270 e. The minimum Gasteiger partial charge on any atom is -0.349 e. The van der Waals surface area contributed by atoms with Crippen LogP contribution in [0.15, 0.2) is 59.8 Å². The van der Waals surface area contributed by atoms with E-state index < -0.39 is 9.84 Å². The van der Waals surface area contributed by atoms with Crippen LogP contribution in [0, 0.1) is 0 Å². The highest BCUT2D eigenvalue weighted by molar-refractivity contribution is 7.90. The summed E-state index contributed by atoms with van der Waals surface area (Å²) < 4.78 is 26.6. The summed E-state index contributed by atoms with van der Waals surface area (Å²) in [5.74, 6) is -0.571. The van der Waals surface area contributed by atoms with E-state index in [0.29, 0.717) is 40.4 Å². The van der Waals surface area contributed by atoms with Crippen LogP contribution in [0.3, 0.4) is 0 Å². The molecule has 10 nitrogen and oxygen atoms in total. The lowest BCUT2D eigenvalue weighted by Crippen LogP contribution is -2.31. The van der Waals surface area contributed by atoms with Crippen molar-refractivity contribution in [1.29, 1.82) is 0 Å². The van der Waals surface area contributed by atoms with Gasteiger partial charge in [-0.1, -0.05) is 6.92 Å². The van der Waals surface area contributed by atoms with Crippen molar-refractivity contribution in [2.24, 2.45) is 0 Å². The molecule has 4 aromatic rings. The van der Waals surface area contributed by atoms with Crippen LogP contribution in [0.5, 0.6) is 0 Å². The van der Waals surface area contributed by atoms with Crippen molar-refractivity contribution in [2.75, 3.05) is 6.26 Å². The van der Waals surface area contributed by atoms with Crippen LogP contribution in [-0.4, -0.2) is 51.7 Å². The second-order valence-corrected chi connectivity index (χ2v) is 10.7. The Kier molecular flexibility index (Phi) is 6.93. The topological polar surface area (TPSA) is 127 Å². The number of benzene rings is 1. The van der Waals surface area contributed by atoms with Crippen LogP contribution >= 0.6 is 0 Å². The number of imidazole rings is 1. The lowest BCUT2D eigenvalue weighted by molar-refractivity contribution is 0.0930. The molecule has 11 heteroatoms. The molecule has 0 fully saturated rings. The molecule has 0 unspecified atom stereocenters. The fourth-order valence-corrected chi connectivity index (χ4v) is 4.45. The lowest BCUT2D eigenvalue weighted by atomic mass is 10.2. The quantitative estimate of drug-likeness (QED) is 0.377. The van der Waals surface area contributed by atoms with Crippen molar-refractivity contribution in [3.63, 3.8) is 0 Å². The van der Waals surface area contributed by atoms with Crippen molar-refractivity contribution < 1.29 is 18.0 Å². The number of pyridine rings is 1. The van der Waals surface area contributed by atoms with Crippen LogP contribution in [-0.2, 0) is 22.8 Å². The summed E-state index contributed by atoms with van der Waals surface area (Å²) in [6, 6.07) is 11.5. The summed E-state index contributed by atoms with van der Waals surface area (Å²) in [5, 5.41) is 10.2. The molecular formula is C25H28N6O4S. The number of fused-ring (bicyclic) bond motifs is 1. The summed E-state index contributed by atoms with van der Waals surface area (Å²) >= 11 is 0. The molecule has 2 amide bonds. The number of rotatable bonds is 8. The maximum Gasteiger partial charge on any atom is 0.270 e. The standard InChI is InChI=1S/C25H28N6O4S/c1-5-21-22(25(33)27-16(2)3)30-13-6-7-20(23(30)28-21)24(32)26-15-17-12-14-31(29-17)18-8-10-19(11-9-18)36(4,34)35/h6-14,16H,5,15H2,1-4H3,(H,26,32)(H,27,33). The normalized spacial score (nSPS) is 11.7. The van der Waals surface area contributed by atoms with Crippen LogP contribution in [0.1, 0.15) is 53.0 Å². The molecule has 0 radical (unpaired) electrons. The van der Waals surface area contributed by atoms with Gasteiger partial charge in [-0.05, 0) is 62.7 Å². The molecule has 0 saturated carbocycles. The summed E-state index contributed by atoms with van der Waals surface area (Å²) in [6.07, 6.45) is 5.17. The van der Waals surface area contributed by atoms with Crippen LogP contribution in [0.4, 0.5) is 0 Å². The summed E-state index contributed by atoms with van der Waals surface area (Å²) in [5.41, 5.74) is 3.13. The van der Waals surface area contributed by atoms with Crippen LogP contribution in [0.2, 0.25) is 0 Å². The van der Waals surface area contributed by atoms with Crippen molar-refractivity contribution >= 4 is 27.3 Å². The van der Waals surface area contributed by atoms with Gasteiger partial charge in [-0.15, -0.1) is 0 Å². The zero-order valence-electron chi connectivity index (χ0n) is 20.5. The molecule has 0 aliphatic rings. The largest absolute Gasteiger partial charge is 0.349 e. The molecule has 2 N–H and O–H groups in total. The summed E-state index contributed by atoms with van der Waals surface area (Å²) in [6.45, 7) is 5.87. The highest BCUT2D eigenvalue weighted by Gasteiger charge is 2.22.